The van der Waals surface area contributed by atoms with E-state index in [0.29, 0.717) is 19.3 Å². The largest absolute Gasteiger partial charge is 0.462 e. The average molecular weight is 797 g/mol. The Balaban J connectivity index is 4.41. The van der Waals surface area contributed by atoms with Gasteiger partial charge < -0.3 is 14.2 Å². The summed E-state index contributed by atoms with van der Waals surface area (Å²) >= 11 is 0. The number of allylic oxidation sites excluding steroid dienone is 10. The summed E-state index contributed by atoms with van der Waals surface area (Å²) in [6.45, 7) is 6.41. The molecule has 0 heterocycles. The lowest BCUT2D eigenvalue weighted by atomic mass is 10.1. The molecule has 0 spiro atoms. The fraction of sp³-hybridized carbons (Fsp3) is 0.745. The van der Waals surface area contributed by atoms with Crippen molar-refractivity contribution in [2.24, 2.45) is 0 Å². The van der Waals surface area contributed by atoms with Gasteiger partial charge in [-0.25, -0.2) is 0 Å². The van der Waals surface area contributed by atoms with Gasteiger partial charge in [-0.1, -0.05) is 171 Å². The lowest BCUT2D eigenvalue weighted by molar-refractivity contribution is -0.167. The number of carbonyl (C=O) groups is 3. The van der Waals surface area contributed by atoms with Gasteiger partial charge in [-0.3, -0.25) is 14.4 Å². The monoisotopic (exact) mass is 797 g/mol. The van der Waals surface area contributed by atoms with Crippen molar-refractivity contribution in [1.82, 2.24) is 0 Å². The summed E-state index contributed by atoms with van der Waals surface area (Å²) in [6, 6.07) is 0. The molecular weight excluding hydrogens is 709 g/mol. The molecule has 0 aromatic heterocycles. The molecule has 0 aliphatic heterocycles. The summed E-state index contributed by atoms with van der Waals surface area (Å²) in [5, 5.41) is 0. The summed E-state index contributed by atoms with van der Waals surface area (Å²) in [6.07, 6.45) is 54.9. The molecule has 1 atom stereocenters. The zero-order chi connectivity index (χ0) is 41.5. The Morgan fingerprint density at radius 3 is 1.18 bits per heavy atom. The van der Waals surface area contributed by atoms with Crippen molar-refractivity contribution in [3.05, 3.63) is 60.8 Å². The maximum atomic E-state index is 12.7. The highest BCUT2D eigenvalue weighted by Gasteiger charge is 2.19. The highest BCUT2D eigenvalue weighted by molar-refractivity contribution is 5.71. The molecule has 57 heavy (non-hydrogen) atoms. The first-order chi connectivity index (χ1) is 28.0. The first-order valence-electron chi connectivity index (χ1n) is 23.8. The van der Waals surface area contributed by atoms with E-state index in [-0.39, 0.29) is 31.1 Å². The van der Waals surface area contributed by atoms with E-state index in [4.69, 9.17) is 14.2 Å². The molecule has 0 aliphatic rings. The van der Waals surface area contributed by atoms with Crippen LogP contribution in [-0.4, -0.2) is 37.2 Å². The first kappa shape index (κ1) is 54.1. The molecule has 0 bridgehead atoms. The molecule has 0 amide bonds. The number of rotatable bonds is 42. The van der Waals surface area contributed by atoms with E-state index in [1.165, 1.54) is 77.0 Å². The molecule has 0 aromatic rings. The molecule has 0 aromatic carbocycles. The number of hydrogen-bond donors (Lipinski definition) is 0. The molecule has 6 nitrogen and oxygen atoms in total. The highest BCUT2D eigenvalue weighted by atomic mass is 16.6. The van der Waals surface area contributed by atoms with Crippen LogP contribution in [0.25, 0.3) is 0 Å². The van der Waals surface area contributed by atoms with Crippen LogP contribution < -0.4 is 0 Å². The van der Waals surface area contributed by atoms with Gasteiger partial charge in [0.1, 0.15) is 13.2 Å². The second kappa shape index (κ2) is 45.8. The van der Waals surface area contributed by atoms with Crippen molar-refractivity contribution in [3.63, 3.8) is 0 Å². The third-order valence-corrected chi connectivity index (χ3v) is 9.96. The Bertz CT molecular complexity index is 1050. The van der Waals surface area contributed by atoms with Gasteiger partial charge in [0.05, 0.1) is 0 Å². The molecule has 0 fully saturated rings. The van der Waals surface area contributed by atoms with E-state index in [2.05, 4.69) is 81.5 Å². The smallest absolute Gasteiger partial charge is 0.306 e. The molecule has 6 heteroatoms. The predicted octanol–water partition coefficient (Wildman–Crippen LogP) is 15.3. The Hall–Kier alpha value is -2.89. The van der Waals surface area contributed by atoms with Crippen LogP contribution in [0.2, 0.25) is 0 Å². The maximum absolute atomic E-state index is 12.7. The lowest BCUT2D eigenvalue weighted by Crippen LogP contribution is -2.30. The Labute approximate surface area is 351 Å². The van der Waals surface area contributed by atoms with Crippen molar-refractivity contribution in [1.29, 1.82) is 0 Å². The average Bonchev–Trinajstić information content (AvgIpc) is 3.21. The second-order valence-electron chi connectivity index (χ2n) is 15.6. The maximum Gasteiger partial charge on any atom is 0.306 e. The van der Waals surface area contributed by atoms with E-state index < -0.39 is 6.10 Å². The Morgan fingerprint density at radius 2 is 0.719 bits per heavy atom. The quantitative estimate of drug-likeness (QED) is 0.0265. The highest BCUT2D eigenvalue weighted by Crippen LogP contribution is 2.13. The van der Waals surface area contributed by atoms with Crippen LogP contribution in [0.3, 0.4) is 0 Å². The van der Waals surface area contributed by atoms with Crippen molar-refractivity contribution in [2.45, 2.75) is 232 Å². The molecular formula is C51H88O6. The summed E-state index contributed by atoms with van der Waals surface area (Å²) in [7, 11) is 0. The summed E-state index contributed by atoms with van der Waals surface area (Å²) in [4.78, 5) is 37.8. The van der Waals surface area contributed by atoms with Crippen LogP contribution in [0.5, 0.6) is 0 Å². The van der Waals surface area contributed by atoms with Gasteiger partial charge in [0.25, 0.3) is 0 Å². The van der Waals surface area contributed by atoms with Crippen molar-refractivity contribution in [2.75, 3.05) is 13.2 Å². The minimum atomic E-state index is -0.793. The topological polar surface area (TPSA) is 78.9 Å². The third kappa shape index (κ3) is 44.1. The number of hydrogen-bond acceptors (Lipinski definition) is 6. The molecule has 0 rings (SSSR count). The SMILES string of the molecule is CC/C=C\C/C=C\C/C=C\CCCCCC(=O)OC(COC(=O)CCCCCCC/C=C\CCC)COC(=O)CCCCCCC/C=C\CCCCCCCCC. The predicted molar refractivity (Wildman–Crippen MR) is 242 cm³/mol. The standard InChI is InChI=1S/C51H88O6/c1-4-7-10-13-16-19-22-24-25-26-28-29-32-35-38-41-44-50(53)56-47-48(46-55-49(52)43-40-37-34-31-21-18-15-12-9-6-3)57-51(54)45-42-39-36-33-30-27-23-20-17-14-11-8-5-2/h8,11-12,15,17,20,25-27,30,48H,4-7,9-10,13-14,16,18-19,21-24,28-29,31-47H2,1-3H3/b11-8-,15-12-,20-17-,26-25-,30-27-. The fourth-order valence-corrected chi connectivity index (χ4v) is 6.39. The lowest BCUT2D eigenvalue weighted by Gasteiger charge is -2.18. The Kier molecular flexibility index (Phi) is 43.5. The minimum absolute atomic E-state index is 0.0934. The van der Waals surface area contributed by atoms with E-state index >= 15 is 0 Å². The minimum Gasteiger partial charge on any atom is -0.462 e. The summed E-state index contributed by atoms with van der Waals surface area (Å²) in [5.41, 5.74) is 0. The molecule has 0 N–H and O–H groups in total. The van der Waals surface area contributed by atoms with Gasteiger partial charge in [-0.15, -0.1) is 0 Å². The van der Waals surface area contributed by atoms with Crippen LogP contribution in [0.1, 0.15) is 226 Å². The van der Waals surface area contributed by atoms with Gasteiger partial charge in [0, 0.05) is 19.3 Å². The first-order valence-corrected chi connectivity index (χ1v) is 23.8. The molecule has 0 radical (unpaired) electrons. The van der Waals surface area contributed by atoms with Crippen LogP contribution in [0, 0.1) is 0 Å². The van der Waals surface area contributed by atoms with Gasteiger partial charge in [-0.2, -0.15) is 0 Å². The zero-order valence-electron chi connectivity index (χ0n) is 37.3. The molecule has 0 saturated heterocycles. The summed E-state index contributed by atoms with van der Waals surface area (Å²) in [5.74, 6) is -0.944. The van der Waals surface area contributed by atoms with Crippen molar-refractivity contribution in [3.8, 4) is 0 Å². The Morgan fingerprint density at radius 1 is 0.368 bits per heavy atom. The molecule has 328 valence electrons. The van der Waals surface area contributed by atoms with Crippen LogP contribution in [0.4, 0.5) is 0 Å². The molecule has 0 saturated carbocycles. The number of ether oxygens (including phenoxy) is 3. The van der Waals surface area contributed by atoms with E-state index in [9.17, 15) is 14.4 Å². The van der Waals surface area contributed by atoms with E-state index in [1.807, 2.05) is 0 Å². The van der Waals surface area contributed by atoms with Crippen molar-refractivity contribution >= 4 is 17.9 Å². The van der Waals surface area contributed by atoms with Crippen molar-refractivity contribution < 1.29 is 28.6 Å². The van der Waals surface area contributed by atoms with Gasteiger partial charge in [-0.05, 0) is 96.3 Å². The molecule has 0 aliphatic carbocycles. The molecule has 1 unspecified atom stereocenters. The van der Waals surface area contributed by atoms with Crippen LogP contribution in [-0.2, 0) is 28.6 Å². The number of esters is 3. The zero-order valence-corrected chi connectivity index (χ0v) is 37.3. The fourth-order valence-electron chi connectivity index (χ4n) is 6.39. The van der Waals surface area contributed by atoms with Crippen LogP contribution >= 0.6 is 0 Å². The van der Waals surface area contributed by atoms with Gasteiger partial charge in [0.2, 0.25) is 0 Å². The van der Waals surface area contributed by atoms with Gasteiger partial charge in [0.15, 0.2) is 6.10 Å². The number of carbonyl (C=O) groups excluding carboxylic acids is 3. The second-order valence-corrected chi connectivity index (χ2v) is 15.6. The normalized spacial score (nSPS) is 12.5. The number of unbranched alkanes of at least 4 members (excludes halogenated alkanes) is 21. The van der Waals surface area contributed by atoms with E-state index in [1.54, 1.807) is 0 Å². The van der Waals surface area contributed by atoms with Gasteiger partial charge >= 0.3 is 17.9 Å². The van der Waals surface area contributed by atoms with E-state index in [0.717, 1.165) is 109 Å². The summed E-state index contributed by atoms with van der Waals surface area (Å²) < 4.78 is 16.7. The third-order valence-electron chi connectivity index (χ3n) is 9.96. The van der Waals surface area contributed by atoms with Crippen LogP contribution in [0.15, 0.2) is 60.8 Å².